The van der Waals surface area contributed by atoms with Gasteiger partial charge in [-0.3, -0.25) is 4.68 Å². The van der Waals surface area contributed by atoms with Crippen LogP contribution >= 0.6 is 0 Å². The Morgan fingerprint density at radius 2 is 2.05 bits per heavy atom. The fourth-order valence-corrected chi connectivity index (χ4v) is 2.39. The highest BCUT2D eigenvalue weighted by molar-refractivity contribution is 5.80. The predicted molar refractivity (Wildman–Crippen MR) is 78.2 cm³/mol. The number of halogens is 1. The van der Waals surface area contributed by atoms with E-state index in [1.807, 2.05) is 39.8 Å². The lowest BCUT2D eigenvalue weighted by molar-refractivity contribution is 0.472. The number of rotatable bonds is 4. The topological polar surface area (TPSA) is 22.8 Å². The van der Waals surface area contributed by atoms with Crippen molar-refractivity contribution < 1.29 is 4.39 Å². The lowest BCUT2D eigenvalue weighted by Gasteiger charge is -2.08. The van der Waals surface area contributed by atoms with Crippen LogP contribution in [0.15, 0.2) is 42.7 Å². The van der Waals surface area contributed by atoms with Gasteiger partial charge in [-0.1, -0.05) is 13.0 Å². The SMILES string of the molecule is CCC(C)n1ccc(Cn2ccc3c(F)cccc32)n1. The van der Waals surface area contributed by atoms with Crippen LogP contribution in [0, 0.1) is 5.82 Å². The maximum atomic E-state index is 13.7. The van der Waals surface area contributed by atoms with Crippen molar-refractivity contribution in [2.75, 3.05) is 0 Å². The maximum Gasteiger partial charge on any atom is 0.132 e. The molecule has 0 aliphatic carbocycles. The molecule has 2 heterocycles. The van der Waals surface area contributed by atoms with Gasteiger partial charge >= 0.3 is 0 Å². The molecule has 0 spiro atoms. The first-order valence-corrected chi connectivity index (χ1v) is 6.96. The van der Waals surface area contributed by atoms with Crippen molar-refractivity contribution in [1.82, 2.24) is 14.3 Å². The van der Waals surface area contributed by atoms with E-state index < -0.39 is 0 Å². The standard InChI is InChI=1S/C16H18FN3/c1-3-12(2)20-10-7-13(18-20)11-19-9-8-14-15(17)5-4-6-16(14)19/h4-10,12H,3,11H2,1-2H3. The Kier molecular flexibility index (Phi) is 3.30. The van der Waals surface area contributed by atoms with Crippen molar-refractivity contribution in [3.05, 3.63) is 54.2 Å². The number of nitrogens with zero attached hydrogens (tertiary/aromatic N) is 3. The summed E-state index contributed by atoms with van der Waals surface area (Å²) < 4.78 is 17.7. The summed E-state index contributed by atoms with van der Waals surface area (Å²) in [4.78, 5) is 0. The Labute approximate surface area is 117 Å². The van der Waals surface area contributed by atoms with Gasteiger partial charge in [-0.15, -0.1) is 0 Å². The molecule has 0 N–H and O–H groups in total. The van der Waals surface area contributed by atoms with Gasteiger partial charge < -0.3 is 4.57 Å². The van der Waals surface area contributed by atoms with Crippen LogP contribution in [0.3, 0.4) is 0 Å². The highest BCUT2D eigenvalue weighted by atomic mass is 19.1. The number of aromatic nitrogens is 3. The Hall–Kier alpha value is -2.10. The van der Waals surface area contributed by atoms with Crippen LogP contribution in [0.5, 0.6) is 0 Å². The smallest absolute Gasteiger partial charge is 0.132 e. The minimum atomic E-state index is -0.175. The molecule has 1 unspecified atom stereocenters. The van der Waals surface area contributed by atoms with Crippen molar-refractivity contribution in [3.63, 3.8) is 0 Å². The average Bonchev–Trinajstić information content (AvgIpc) is 3.07. The Morgan fingerprint density at radius 1 is 1.20 bits per heavy atom. The van der Waals surface area contributed by atoms with Crippen molar-refractivity contribution in [2.45, 2.75) is 32.9 Å². The van der Waals surface area contributed by atoms with Gasteiger partial charge in [0.2, 0.25) is 0 Å². The molecule has 0 radical (unpaired) electrons. The molecule has 0 saturated carbocycles. The molecule has 0 aliphatic rings. The van der Waals surface area contributed by atoms with Gasteiger partial charge in [-0.25, -0.2) is 4.39 Å². The van der Waals surface area contributed by atoms with Crippen LogP contribution in [0.1, 0.15) is 32.0 Å². The van der Waals surface area contributed by atoms with E-state index in [-0.39, 0.29) is 5.82 Å². The minimum Gasteiger partial charge on any atom is -0.341 e. The molecular weight excluding hydrogens is 253 g/mol. The van der Waals surface area contributed by atoms with E-state index in [4.69, 9.17) is 0 Å². The van der Waals surface area contributed by atoms with E-state index in [1.165, 1.54) is 6.07 Å². The van der Waals surface area contributed by atoms with E-state index in [0.717, 1.165) is 17.6 Å². The van der Waals surface area contributed by atoms with Crippen molar-refractivity contribution in [2.24, 2.45) is 0 Å². The van der Waals surface area contributed by atoms with Gasteiger partial charge in [0.05, 0.1) is 17.8 Å². The number of fused-ring (bicyclic) bond motifs is 1. The molecule has 0 amide bonds. The molecule has 0 saturated heterocycles. The lowest BCUT2D eigenvalue weighted by Crippen LogP contribution is -2.06. The summed E-state index contributed by atoms with van der Waals surface area (Å²) in [7, 11) is 0. The second-order valence-corrected chi connectivity index (χ2v) is 5.16. The summed E-state index contributed by atoms with van der Waals surface area (Å²) in [6, 6.07) is 9.41. The second-order valence-electron chi connectivity index (χ2n) is 5.16. The number of hydrogen-bond acceptors (Lipinski definition) is 1. The molecule has 104 valence electrons. The zero-order valence-electron chi connectivity index (χ0n) is 11.8. The predicted octanol–water partition coefficient (Wildman–Crippen LogP) is 4.00. The summed E-state index contributed by atoms with van der Waals surface area (Å²) in [5.74, 6) is -0.175. The van der Waals surface area contributed by atoms with Gasteiger partial charge in [0.25, 0.3) is 0 Å². The monoisotopic (exact) mass is 271 g/mol. The molecule has 0 bridgehead atoms. The van der Waals surface area contributed by atoms with Crippen molar-refractivity contribution >= 4 is 10.9 Å². The molecule has 2 aromatic heterocycles. The van der Waals surface area contributed by atoms with Gasteiger partial charge in [-0.05, 0) is 37.6 Å². The minimum absolute atomic E-state index is 0.175. The van der Waals surface area contributed by atoms with E-state index >= 15 is 0 Å². The number of hydrogen-bond donors (Lipinski definition) is 0. The van der Waals surface area contributed by atoms with Crippen LogP contribution < -0.4 is 0 Å². The first kappa shape index (κ1) is 12.9. The third kappa shape index (κ3) is 2.22. The molecular formula is C16H18FN3. The number of benzene rings is 1. The summed E-state index contributed by atoms with van der Waals surface area (Å²) in [5, 5.41) is 5.25. The first-order chi connectivity index (χ1) is 9.69. The largest absolute Gasteiger partial charge is 0.341 e. The molecule has 0 fully saturated rings. The zero-order valence-corrected chi connectivity index (χ0v) is 11.8. The second kappa shape index (κ2) is 5.12. The molecule has 1 atom stereocenters. The molecule has 20 heavy (non-hydrogen) atoms. The summed E-state index contributed by atoms with van der Waals surface area (Å²) in [6.07, 6.45) is 4.98. The van der Waals surface area contributed by atoms with Crippen LogP contribution in [0.25, 0.3) is 10.9 Å². The van der Waals surface area contributed by atoms with E-state index in [9.17, 15) is 4.39 Å². The van der Waals surface area contributed by atoms with E-state index in [0.29, 0.717) is 18.0 Å². The van der Waals surface area contributed by atoms with Gasteiger partial charge in [0.1, 0.15) is 5.82 Å². The van der Waals surface area contributed by atoms with Crippen molar-refractivity contribution in [1.29, 1.82) is 0 Å². The average molecular weight is 271 g/mol. The third-order valence-corrected chi connectivity index (χ3v) is 3.80. The third-order valence-electron chi connectivity index (χ3n) is 3.80. The van der Waals surface area contributed by atoms with Gasteiger partial charge in [-0.2, -0.15) is 5.10 Å². The molecule has 3 aromatic rings. The highest BCUT2D eigenvalue weighted by Gasteiger charge is 2.08. The Balaban J connectivity index is 1.90. The van der Waals surface area contributed by atoms with Crippen LogP contribution in [-0.4, -0.2) is 14.3 Å². The van der Waals surface area contributed by atoms with Crippen LogP contribution in [0.4, 0.5) is 4.39 Å². The first-order valence-electron chi connectivity index (χ1n) is 6.96. The summed E-state index contributed by atoms with van der Waals surface area (Å²) in [6.45, 7) is 4.96. The van der Waals surface area contributed by atoms with E-state index in [1.54, 1.807) is 6.07 Å². The molecule has 1 aromatic carbocycles. The Morgan fingerprint density at radius 3 is 2.85 bits per heavy atom. The van der Waals surface area contributed by atoms with Crippen LogP contribution in [0.2, 0.25) is 0 Å². The Bertz CT molecular complexity index is 726. The zero-order chi connectivity index (χ0) is 14.1. The van der Waals surface area contributed by atoms with Gasteiger partial charge in [0, 0.05) is 23.8 Å². The van der Waals surface area contributed by atoms with E-state index in [2.05, 4.69) is 18.9 Å². The van der Waals surface area contributed by atoms with Gasteiger partial charge in [0.15, 0.2) is 0 Å². The molecule has 0 aliphatic heterocycles. The van der Waals surface area contributed by atoms with Crippen molar-refractivity contribution in [3.8, 4) is 0 Å². The van der Waals surface area contributed by atoms with Crippen LogP contribution in [-0.2, 0) is 6.54 Å². The lowest BCUT2D eigenvalue weighted by atomic mass is 10.2. The fourth-order valence-electron chi connectivity index (χ4n) is 2.39. The molecule has 3 nitrogen and oxygen atoms in total. The maximum absolute atomic E-state index is 13.7. The fraction of sp³-hybridized carbons (Fsp3) is 0.312. The molecule has 3 rings (SSSR count). The highest BCUT2D eigenvalue weighted by Crippen LogP contribution is 2.20. The normalized spacial score (nSPS) is 12.9. The summed E-state index contributed by atoms with van der Waals surface area (Å²) in [5.41, 5.74) is 1.90. The quantitative estimate of drug-likeness (QED) is 0.703. The summed E-state index contributed by atoms with van der Waals surface area (Å²) >= 11 is 0. The molecule has 4 heteroatoms.